The van der Waals surface area contributed by atoms with E-state index in [1.807, 2.05) is 41.2 Å². The number of hydrogen-bond donors (Lipinski definition) is 2. The van der Waals surface area contributed by atoms with E-state index in [0.29, 0.717) is 13.1 Å². The number of aromatic nitrogens is 3. The molecule has 1 saturated heterocycles. The maximum Gasteiger partial charge on any atom is 0.268 e. The van der Waals surface area contributed by atoms with Crippen LogP contribution in [0.5, 0.6) is 0 Å². The number of carbonyl (C=O) groups excluding carboxylic acids is 2. The van der Waals surface area contributed by atoms with Crippen LogP contribution in [0, 0.1) is 6.92 Å². The van der Waals surface area contributed by atoms with Crippen molar-refractivity contribution in [3.05, 3.63) is 52.2 Å². The Bertz CT molecular complexity index is 1050. The normalized spacial score (nSPS) is 14.8. The van der Waals surface area contributed by atoms with Gasteiger partial charge in [0.1, 0.15) is 11.2 Å². The van der Waals surface area contributed by atoms with Crippen molar-refractivity contribution < 1.29 is 9.59 Å². The molecule has 4 rings (SSSR count). The van der Waals surface area contributed by atoms with Crippen molar-refractivity contribution in [2.24, 2.45) is 0 Å². The van der Waals surface area contributed by atoms with E-state index < -0.39 is 0 Å². The van der Waals surface area contributed by atoms with Crippen LogP contribution in [0.2, 0.25) is 0 Å². The first kappa shape index (κ1) is 18.2. The highest BCUT2D eigenvalue weighted by Gasteiger charge is 2.31. The summed E-state index contributed by atoms with van der Waals surface area (Å²) in [7, 11) is 0. The molecule has 0 saturated carbocycles. The van der Waals surface area contributed by atoms with Crippen LogP contribution in [0.15, 0.2) is 41.7 Å². The molecule has 2 N–H and O–H groups in total. The van der Waals surface area contributed by atoms with Crippen LogP contribution >= 0.6 is 11.3 Å². The van der Waals surface area contributed by atoms with Crippen LogP contribution in [0.4, 0.5) is 5.82 Å². The summed E-state index contributed by atoms with van der Waals surface area (Å²) >= 11 is 1.50. The third kappa shape index (κ3) is 3.74. The average Bonchev–Trinajstić information content (AvgIpc) is 3.24. The maximum atomic E-state index is 12.6. The monoisotopic (exact) mass is 396 g/mol. The van der Waals surface area contributed by atoms with Crippen molar-refractivity contribution in [3.63, 3.8) is 0 Å². The molecule has 3 aromatic rings. The SMILES string of the molecule is CC(=O)N/C(=C\c1cccs1)C(=O)NC1CN(c2nccn3nc(C)cc23)C1. The molecular formula is C19H20N6O2S. The Hall–Kier alpha value is -3.20. The highest BCUT2D eigenvalue weighted by molar-refractivity contribution is 7.10. The highest BCUT2D eigenvalue weighted by Crippen LogP contribution is 2.24. The molecule has 28 heavy (non-hydrogen) atoms. The molecule has 0 aliphatic carbocycles. The zero-order valence-electron chi connectivity index (χ0n) is 15.5. The molecule has 0 spiro atoms. The molecule has 0 atom stereocenters. The topological polar surface area (TPSA) is 91.6 Å². The molecule has 0 radical (unpaired) electrons. The molecule has 144 valence electrons. The summed E-state index contributed by atoms with van der Waals surface area (Å²) in [5.41, 5.74) is 2.12. The summed E-state index contributed by atoms with van der Waals surface area (Å²) < 4.78 is 1.81. The van der Waals surface area contributed by atoms with Gasteiger partial charge < -0.3 is 15.5 Å². The van der Waals surface area contributed by atoms with Gasteiger partial charge in [-0.15, -0.1) is 11.3 Å². The fourth-order valence-electron chi connectivity index (χ4n) is 3.14. The van der Waals surface area contributed by atoms with E-state index in [-0.39, 0.29) is 23.6 Å². The quantitative estimate of drug-likeness (QED) is 0.639. The molecule has 0 unspecified atom stereocenters. The third-order valence-electron chi connectivity index (χ3n) is 4.39. The number of fused-ring (bicyclic) bond motifs is 1. The summed E-state index contributed by atoms with van der Waals surface area (Å²) in [6.07, 6.45) is 5.23. The Kier molecular flexibility index (Phi) is 4.82. The first-order valence-corrected chi connectivity index (χ1v) is 9.77. The van der Waals surface area contributed by atoms with Crippen LogP contribution in [0.1, 0.15) is 17.5 Å². The number of amides is 2. The van der Waals surface area contributed by atoms with E-state index in [4.69, 9.17) is 0 Å². The summed E-state index contributed by atoms with van der Waals surface area (Å²) in [6, 6.07) is 5.77. The molecule has 1 fully saturated rings. The highest BCUT2D eigenvalue weighted by atomic mass is 32.1. The minimum absolute atomic E-state index is 0.0148. The van der Waals surface area contributed by atoms with Crippen molar-refractivity contribution in [3.8, 4) is 0 Å². The van der Waals surface area contributed by atoms with Crippen LogP contribution < -0.4 is 15.5 Å². The number of nitrogens with zero attached hydrogens (tertiary/aromatic N) is 4. The van der Waals surface area contributed by atoms with Crippen molar-refractivity contribution in [2.45, 2.75) is 19.9 Å². The van der Waals surface area contributed by atoms with Crippen molar-refractivity contribution in [1.29, 1.82) is 0 Å². The number of rotatable bonds is 5. The second-order valence-electron chi connectivity index (χ2n) is 6.70. The molecule has 4 heterocycles. The van der Waals surface area contributed by atoms with Crippen LogP contribution in [-0.2, 0) is 9.59 Å². The summed E-state index contributed by atoms with van der Waals surface area (Å²) in [6.45, 7) is 4.63. The molecule has 2 amide bonds. The molecule has 0 aromatic carbocycles. The Balaban J connectivity index is 1.42. The van der Waals surface area contributed by atoms with Gasteiger partial charge in [0.2, 0.25) is 5.91 Å². The average molecular weight is 396 g/mol. The van der Waals surface area contributed by atoms with Gasteiger partial charge in [-0.25, -0.2) is 9.50 Å². The molecular weight excluding hydrogens is 376 g/mol. The van der Waals surface area contributed by atoms with Gasteiger partial charge in [0.15, 0.2) is 5.82 Å². The fraction of sp³-hybridized carbons (Fsp3) is 0.263. The van der Waals surface area contributed by atoms with Crippen LogP contribution in [0.3, 0.4) is 0 Å². The molecule has 1 aliphatic rings. The first-order chi connectivity index (χ1) is 13.5. The molecule has 8 nitrogen and oxygen atoms in total. The number of anilines is 1. The van der Waals surface area contributed by atoms with Gasteiger partial charge in [-0.1, -0.05) is 6.07 Å². The predicted octanol–water partition coefficient (Wildman–Crippen LogP) is 1.58. The summed E-state index contributed by atoms with van der Waals surface area (Å²) in [4.78, 5) is 31.6. The number of hydrogen-bond acceptors (Lipinski definition) is 6. The Labute approximate surface area is 165 Å². The van der Waals surface area contributed by atoms with Gasteiger partial charge in [0, 0.05) is 37.3 Å². The lowest BCUT2D eigenvalue weighted by Gasteiger charge is -2.40. The second-order valence-corrected chi connectivity index (χ2v) is 7.68. The van der Waals surface area contributed by atoms with E-state index >= 15 is 0 Å². The van der Waals surface area contributed by atoms with Gasteiger partial charge in [0.25, 0.3) is 5.91 Å². The van der Waals surface area contributed by atoms with Gasteiger partial charge in [-0.05, 0) is 30.5 Å². The predicted molar refractivity (Wildman–Crippen MR) is 108 cm³/mol. The van der Waals surface area contributed by atoms with E-state index in [1.54, 1.807) is 12.3 Å². The van der Waals surface area contributed by atoms with E-state index in [2.05, 4.69) is 25.6 Å². The molecule has 9 heteroatoms. The van der Waals surface area contributed by atoms with Crippen molar-refractivity contribution in [2.75, 3.05) is 18.0 Å². The first-order valence-electron chi connectivity index (χ1n) is 8.89. The molecule has 1 aliphatic heterocycles. The Morgan fingerprint density at radius 1 is 1.36 bits per heavy atom. The molecule has 0 bridgehead atoms. The number of thiophene rings is 1. The van der Waals surface area contributed by atoms with Gasteiger partial charge in [-0.3, -0.25) is 9.59 Å². The van der Waals surface area contributed by atoms with Gasteiger partial charge in [0.05, 0.1) is 11.7 Å². The standard InChI is InChI=1S/C19H20N6O2S/c1-12-8-17-18(20-5-6-25(17)23-12)24-10-14(11-24)22-19(27)16(21-13(2)26)9-15-4-3-7-28-15/h3-9,14H,10-11H2,1-2H3,(H,21,26)(H,22,27)/b16-9-. The van der Waals surface area contributed by atoms with Crippen molar-refractivity contribution >= 4 is 40.6 Å². The van der Waals surface area contributed by atoms with E-state index in [9.17, 15) is 9.59 Å². The van der Waals surface area contributed by atoms with Gasteiger partial charge >= 0.3 is 0 Å². The van der Waals surface area contributed by atoms with Gasteiger partial charge in [-0.2, -0.15) is 5.10 Å². The largest absolute Gasteiger partial charge is 0.351 e. The smallest absolute Gasteiger partial charge is 0.268 e. The summed E-state index contributed by atoms with van der Waals surface area (Å²) in [5, 5.41) is 11.9. The zero-order valence-corrected chi connectivity index (χ0v) is 16.4. The number of nitrogens with one attached hydrogen (secondary N) is 2. The maximum absolute atomic E-state index is 12.6. The Morgan fingerprint density at radius 2 is 2.18 bits per heavy atom. The minimum Gasteiger partial charge on any atom is -0.351 e. The third-order valence-corrected chi connectivity index (χ3v) is 5.21. The van der Waals surface area contributed by atoms with E-state index in [1.165, 1.54) is 18.3 Å². The lowest BCUT2D eigenvalue weighted by atomic mass is 10.1. The Morgan fingerprint density at radius 3 is 2.89 bits per heavy atom. The van der Waals surface area contributed by atoms with Crippen molar-refractivity contribution in [1.82, 2.24) is 25.2 Å². The van der Waals surface area contributed by atoms with Crippen LogP contribution in [-0.4, -0.2) is 45.5 Å². The fourth-order valence-corrected chi connectivity index (χ4v) is 3.80. The van der Waals surface area contributed by atoms with Crippen LogP contribution in [0.25, 0.3) is 11.6 Å². The number of carbonyl (C=O) groups is 2. The lowest BCUT2D eigenvalue weighted by Crippen LogP contribution is -2.60. The van der Waals surface area contributed by atoms with E-state index in [0.717, 1.165) is 21.9 Å². The zero-order chi connectivity index (χ0) is 19.7. The minimum atomic E-state index is -0.292. The number of aryl methyl sites for hydroxylation is 1. The second kappa shape index (κ2) is 7.43. The summed E-state index contributed by atoms with van der Waals surface area (Å²) in [5.74, 6) is 0.282. The lowest BCUT2D eigenvalue weighted by molar-refractivity contribution is -0.122. The molecule has 3 aromatic heterocycles.